The van der Waals surface area contributed by atoms with E-state index in [1.807, 2.05) is 37.8 Å². The second-order valence-electron chi connectivity index (χ2n) is 1.86. The van der Waals surface area contributed by atoms with Gasteiger partial charge in [-0.05, 0) is 24.0 Å². The molecule has 0 bridgehead atoms. The molecule has 66 valence electrons. The lowest BCUT2D eigenvalue weighted by molar-refractivity contribution is 1.11. The van der Waals surface area contributed by atoms with Gasteiger partial charge in [0.2, 0.25) is 0 Å². The molecule has 0 N–H and O–H groups in total. The first kappa shape index (κ1) is 13.4. The van der Waals surface area contributed by atoms with Crippen LogP contribution in [0.4, 0.5) is 0 Å². The molecule has 0 aliphatic rings. The molecule has 0 rings (SSSR count). The van der Waals surface area contributed by atoms with Gasteiger partial charge < -0.3 is 0 Å². The van der Waals surface area contributed by atoms with Crippen molar-refractivity contribution in [3.63, 3.8) is 0 Å². The second kappa shape index (κ2) is 12.5. The molecule has 11 heavy (non-hydrogen) atoms. The molecule has 0 aromatic rings. The molecule has 0 fully saturated rings. The number of thioether (sulfide) groups is 1. The highest BCUT2D eigenvalue weighted by atomic mass is 32.2. The van der Waals surface area contributed by atoms with Crippen molar-refractivity contribution in [1.29, 1.82) is 0 Å². The monoisotopic (exact) mass is 172 g/mol. The van der Waals surface area contributed by atoms with Crippen molar-refractivity contribution in [2.75, 3.05) is 5.75 Å². The molecule has 0 aliphatic carbocycles. The van der Waals surface area contributed by atoms with Crippen LogP contribution in [0.15, 0.2) is 23.6 Å². The van der Waals surface area contributed by atoms with E-state index >= 15 is 0 Å². The molecule has 0 atom stereocenters. The molecule has 0 aliphatic heterocycles. The summed E-state index contributed by atoms with van der Waals surface area (Å²) in [5.74, 6) is 1.22. The van der Waals surface area contributed by atoms with E-state index in [0.29, 0.717) is 0 Å². The maximum Gasteiger partial charge on any atom is -0.00260 e. The first-order valence-corrected chi connectivity index (χ1v) is 5.22. The Morgan fingerprint density at radius 1 is 1.45 bits per heavy atom. The van der Waals surface area contributed by atoms with E-state index in [0.717, 1.165) is 0 Å². The first-order chi connectivity index (χ1) is 5.31. The summed E-state index contributed by atoms with van der Waals surface area (Å²) in [7, 11) is 0. The third kappa shape index (κ3) is 12.9. The van der Waals surface area contributed by atoms with Crippen LogP contribution in [0.3, 0.4) is 0 Å². The van der Waals surface area contributed by atoms with E-state index in [1.165, 1.54) is 17.1 Å². The Morgan fingerprint density at radius 3 is 2.36 bits per heavy atom. The Hall–Kier alpha value is -0.170. The molecule has 0 aromatic carbocycles. The Balaban J connectivity index is 0. The maximum atomic E-state index is 3.62. The van der Waals surface area contributed by atoms with Gasteiger partial charge in [-0.3, -0.25) is 0 Å². The summed E-state index contributed by atoms with van der Waals surface area (Å²) in [4.78, 5) is 1.35. The smallest absolute Gasteiger partial charge is 0.00260 e. The van der Waals surface area contributed by atoms with Crippen LogP contribution in [0.2, 0.25) is 0 Å². The lowest BCUT2D eigenvalue weighted by Crippen LogP contribution is -1.72. The Bertz CT molecular complexity index is 103. The van der Waals surface area contributed by atoms with Gasteiger partial charge >= 0.3 is 0 Å². The van der Waals surface area contributed by atoms with Crippen molar-refractivity contribution in [2.45, 2.75) is 34.1 Å². The average molecular weight is 172 g/mol. The number of hydrogen-bond acceptors (Lipinski definition) is 1. The van der Waals surface area contributed by atoms with Crippen molar-refractivity contribution < 1.29 is 0 Å². The Morgan fingerprint density at radius 2 is 2.00 bits per heavy atom. The van der Waals surface area contributed by atoms with E-state index in [-0.39, 0.29) is 0 Å². The number of hydrogen-bond donors (Lipinski definition) is 0. The molecule has 0 heterocycles. The maximum absolute atomic E-state index is 3.62. The minimum absolute atomic E-state index is 1.22. The van der Waals surface area contributed by atoms with Crippen LogP contribution < -0.4 is 0 Å². The minimum Gasteiger partial charge on any atom is -0.131 e. The molecular weight excluding hydrogens is 152 g/mol. The predicted octanol–water partition coefficient (Wildman–Crippen LogP) is 4.25. The van der Waals surface area contributed by atoms with E-state index in [4.69, 9.17) is 0 Å². The zero-order chi connectivity index (χ0) is 9.11. The molecule has 0 aromatic heterocycles. The van der Waals surface area contributed by atoms with Crippen molar-refractivity contribution in [3.8, 4) is 0 Å². The third-order valence-corrected chi connectivity index (χ3v) is 2.09. The van der Waals surface area contributed by atoms with Gasteiger partial charge in [-0.25, -0.2) is 0 Å². The lowest BCUT2D eigenvalue weighted by atomic mass is 10.5. The van der Waals surface area contributed by atoms with E-state index in [1.54, 1.807) is 0 Å². The normalized spacial score (nSPS) is 10.0. The summed E-state index contributed by atoms with van der Waals surface area (Å²) in [6.45, 7) is 11.9. The summed E-state index contributed by atoms with van der Waals surface area (Å²) < 4.78 is 0. The molecule has 0 unspecified atom stereocenters. The van der Waals surface area contributed by atoms with Crippen LogP contribution in [0.5, 0.6) is 0 Å². The van der Waals surface area contributed by atoms with Crippen LogP contribution in [0.25, 0.3) is 0 Å². The SMILES string of the molecule is C=C/C=C(/C)SCCC.CC. The standard InChI is InChI=1S/C8H14S.C2H6/c1-4-6-8(3)9-7-5-2;1-2/h4,6H,1,5,7H2,2-3H3;1-2H3/b8-6-;. The quantitative estimate of drug-likeness (QED) is 0.571. The molecule has 0 saturated heterocycles. The molecule has 0 spiro atoms. The van der Waals surface area contributed by atoms with Gasteiger partial charge in [0.15, 0.2) is 0 Å². The number of allylic oxidation sites excluding steroid dienone is 3. The molecular formula is C10H20S. The third-order valence-electron chi connectivity index (χ3n) is 0.886. The molecule has 0 nitrogen and oxygen atoms in total. The zero-order valence-electron chi connectivity index (χ0n) is 8.18. The topological polar surface area (TPSA) is 0 Å². The average Bonchev–Trinajstić information content (AvgIpc) is 2.05. The predicted molar refractivity (Wildman–Crippen MR) is 58.1 cm³/mol. The Kier molecular flexibility index (Phi) is 15.3. The van der Waals surface area contributed by atoms with Crippen LogP contribution in [-0.2, 0) is 0 Å². The van der Waals surface area contributed by atoms with Crippen LogP contribution in [-0.4, -0.2) is 5.75 Å². The lowest BCUT2D eigenvalue weighted by Gasteiger charge is -1.94. The van der Waals surface area contributed by atoms with Gasteiger partial charge in [-0.2, -0.15) is 0 Å². The first-order valence-electron chi connectivity index (χ1n) is 4.23. The molecule has 0 radical (unpaired) electrons. The van der Waals surface area contributed by atoms with Gasteiger partial charge in [0.05, 0.1) is 0 Å². The van der Waals surface area contributed by atoms with Gasteiger partial charge in [0, 0.05) is 0 Å². The van der Waals surface area contributed by atoms with Gasteiger partial charge in [-0.15, -0.1) is 11.8 Å². The van der Waals surface area contributed by atoms with Crippen LogP contribution in [0.1, 0.15) is 34.1 Å². The van der Waals surface area contributed by atoms with Gasteiger partial charge in [-0.1, -0.05) is 39.5 Å². The summed E-state index contributed by atoms with van der Waals surface area (Å²) in [6.07, 6.45) is 5.12. The van der Waals surface area contributed by atoms with Crippen molar-refractivity contribution in [3.05, 3.63) is 23.6 Å². The summed E-state index contributed by atoms with van der Waals surface area (Å²) in [6, 6.07) is 0. The van der Waals surface area contributed by atoms with Crippen LogP contribution >= 0.6 is 11.8 Å². The molecule has 0 amide bonds. The van der Waals surface area contributed by atoms with Crippen molar-refractivity contribution >= 4 is 11.8 Å². The highest BCUT2D eigenvalue weighted by Crippen LogP contribution is 2.14. The van der Waals surface area contributed by atoms with E-state index in [9.17, 15) is 0 Å². The minimum atomic E-state index is 1.22. The summed E-state index contributed by atoms with van der Waals surface area (Å²) >= 11 is 1.89. The highest BCUT2D eigenvalue weighted by Gasteiger charge is 1.84. The van der Waals surface area contributed by atoms with E-state index < -0.39 is 0 Å². The fraction of sp³-hybridized carbons (Fsp3) is 0.600. The zero-order valence-corrected chi connectivity index (χ0v) is 9.00. The molecule has 1 heteroatoms. The summed E-state index contributed by atoms with van der Waals surface area (Å²) in [5.41, 5.74) is 0. The fourth-order valence-corrected chi connectivity index (χ4v) is 1.20. The van der Waals surface area contributed by atoms with E-state index in [2.05, 4.69) is 20.4 Å². The second-order valence-corrected chi connectivity index (χ2v) is 3.20. The largest absolute Gasteiger partial charge is 0.131 e. The van der Waals surface area contributed by atoms with Gasteiger partial charge in [0.1, 0.15) is 0 Å². The highest BCUT2D eigenvalue weighted by molar-refractivity contribution is 8.03. The van der Waals surface area contributed by atoms with Gasteiger partial charge in [0.25, 0.3) is 0 Å². The van der Waals surface area contributed by atoms with Crippen LogP contribution in [0, 0.1) is 0 Å². The van der Waals surface area contributed by atoms with Crippen molar-refractivity contribution in [2.24, 2.45) is 0 Å². The van der Waals surface area contributed by atoms with Crippen molar-refractivity contribution in [1.82, 2.24) is 0 Å². The molecule has 0 saturated carbocycles. The summed E-state index contributed by atoms with van der Waals surface area (Å²) in [5, 5.41) is 0. The number of rotatable bonds is 4. The fourth-order valence-electron chi connectivity index (χ4n) is 0.477. The Labute approximate surface area is 75.8 Å².